The third kappa shape index (κ3) is 3.70. The summed E-state index contributed by atoms with van der Waals surface area (Å²) < 4.78 is 1.99. The standard InChI is InChI=1S/C16H25N3S/c1-5-17-14(8-9-15-7-6-10-20-15)11-16-12(2)18-19(4)13(16)3/h6-7,10,14,17H,5,8-9,11H2,1-4H3. The maximum Gasteiger partial charge on any atom is 0.0628 e. The number of hydrogen-bond donors (Lipinski definition) is 1. The predicted molar refractivity (Wildman–Crippen MR) is 86.5 cm³/mol. The van der Waals surface area contributed by atoms with E-state index in [1.807, 2.05) is 23.1 Å². The van der Waals surface area contributed by atoms with Gasteiger partial charge in [-0.1, -0.05) is 13.0 Å². The first-order valence-corrected chi connectivity index (χ1v) is 8.24. The molecule has 3 nitrogen and oxygen atoms in total. The molecule has 2 aromatic heterocycles. The first kappa shape index (κ1) is 15.3. The van der Waals surface area contributed by atoms with Gasteiger partial charge < -0.3 is 5.32 Å². The second-order valence-corrected chi connectivity index (χ2v) is 6.38. The highest BCUT2D eigenvalue weighted by Gasteiger charge is 2.15. The van der Waals surface area contributed by atoms with Crippen LogP contribution in [0.25, 0.3) is 0 Å². The van der Waals surface area contributed by atoms with E-state index in [2.05, 4.69) is 48.7 Å². The van der Waals surface area contributed by atoms with Crippen molar-refractivity contribution >= 4 is 11.3 Å². The van der Waals surface area contributed by atoms with E-state index in [9.17, 15) is 0 Å². The maximum absolute atomic E-state index is 4.52. The number of nitrogens with zero attached hydrogens (tertiary/aromatic N) is 2. The molecule has 0 amide bonds. The Morgan fingerprint density at radius 1 is 1.40 bits per heavy atom. The van der Waals surface area contributed by atoms with Gasteiger partial charge in [0, 0.05) is 23.7 Å². The number of likely N-dealkylation sites (N-methyl/N-ethyl adjacent to an activating group) is 1. The van der Waals surface area contributed by atoms with E-state index >= 15 is 0 Å². The highest BCUT2D eigenvalue weighted by molar-refractivity contribution is 7.09. The highest BCUT2D eigenvalue weighted by Crippen LogP contribution is 2.18. The number of aryl methyl sites for hydroxylation is 3. The summed E-state index contributed by atoms with van der Waals surface area (Å²) in [6.45, 7) is 7.48. The Bertz CT molecular complexity index is 528. The van der Waals surface area contributed by atoms with Crippen LogP contribution in [0.15, 0.2) is 17.5 Å². The molecule has 1 N–H and O–H groups in total. The van der Waals surface area contributed by atoms with Gasteiger partial charge in [0.25, 0.3) is 0 Å². The lowest BCUT2D eigenvalue weighted by Gasteiger charge is -2.18. The molecule has 0 saturated carbocycles. The minimum Gasteiger partial charge on any atom is -0.314 e. The van der Waals surface area contributed by atoms with Gasteiger partial charge in [0.1, 0.15) is 0 Å². The topological polar surface area (TPSA) is 29.9 Å². The Morgan fingerprint density at radius 3 is 2.75 bits per heavy atom. The Kier molecular flexibility index (Phi) is 5.38. The average Bonchev–Trinajstić information content (AvgIpc) is 3.00. The monoisotopic (exact) mass is 291 g/mol. The number of aromatic nitrogens is 2. The molecular weight excluding hydrogens is 266 g/mol. The Hall–Kier alpha value is -1.13. The van der Waals surface area contributed by atoms with Crippen molar-refractivity contribution < 1.29 is 0 Å². The molecule has 0 aliphatic heterocycles. The van der Waals surface area contributed by atoms with Crippen LogP contribution in [-0.4, -0.2) is 22.4 Å². The lowest BCUT2D eigenvalue weighted by molar-refractivity contribution is 0.490. The normalized spacial score (nSPS) is 12.8. The molecule has 110 valence electrons. The van der Waals surface area contributed by atoms with Crippen molar-refractivity contribution in [3.8, 4) is 0 Å². The summed E-state index contributed by atoms with van der Waals surface area (Å²) in [5.74, 6) is 0. The fourth-order valence-corrected chi connectivity index (χ4v) is 3.42. The molecule has 0 radical (unpaired) electrons. The van der Waals surface area contributed by atoms with E-state index in [1.165, 1.54) is 28.2 Å². The van der Waals surface area contributed by atoms with Gasteiger partial charge in [-0.15, -0.1) is 11.3 Å². The van der Waals surface area contributed by atoms with Gasteiger partial charge in [-0.25, -0.2) is 0 Å². The Balaban J connectivity index is 2.01. The first-order chi connectivity index (χ1) is 9.61. The van der Waals surface area contributed by atoms with E-state index in [1.54, 1.807) is 0 Å². The van der Waals surface area contributed by atoms with Gasteiger partial charge in [-0.05, 0) is 56.7 Å². The van der Waals surface area contributed by atoms with Crippen molar-refractivity contribution in [3.05, 3.63) is 39.3 Å². The smallest absolute Gasteiger partial charge is 0.0628 e. The van der Waals surface area contributed by atoms with Crippen molar-refractivity contribution in [1.82, 2.24) is 15.1 Å². The van der Waals surface area contributed by atoms with Gasteiger partial charge in [-0.2, -0.15) is 5.10 Å². The molecule has 0 aromatic carbocycles. The molecule has 20 heavy (non-hydrogen) atoms. The van der Waals surface area contributed by atoms with Gasteiger partial charge in [0.05, 0.1) is 5.69 Å². The third-order valence-corrected chi connectivity index (χ3v) is 4.86. The molecule has 2 heterocycles. The quantitative estimate of drug-likeness (QED) is 0.848. The first-order valence-electron chi connectivity index (χ1n) is 7.36. The molecule has 0 saturated heterocycles. The molecule has 1 unspecified atom stereocenters. The van der Waals surface area contributed by atoms with E-state index in [0.29, 0.717) is 6.04 Å². The van der Waals surface area contributed by atoms with Crippen molar-refractivity contribution in [2.75, 3.05) is 6.54 Å². The summed E-state index contributed by atoms with van der Waals surface area (Å²) in [5.41, 5.74) is 3.87. The number of thiophene rings is 1. The van der Waals surface area contributed by atoms with E-state index < -0.39 is 0 Å². The van der Waals surface area contributed by atoms with Crippen molar-refractivity contribution in [2.24, 2.45) is 7.05 Å². The third-order valence-electron chi connectivity index (χ3n) is 3.92. The van der Waals surface area contributed by atoms with Crippen molar-refractivity contribution in [1.29, 1.82) is 0 Å². The molecule has 0 bridgehead atoms. The van der Waals surface area contributed by atoms with E-state index in [-0.39, 0.29) is 0 Å². The van der Waals surface area contributed by atoms with Crippen LogP contribution in [0.3, 0.4) is 0 Å². The van der Waals surface area contributed by atoms with Crippen LogP contribution < -0.4 is 5.32 Å². The maximum atomic E-state index is 4.52. The molecular formula is C16H25N3S. The molecule has 0 spiro atoms. The van der Waals surface area contributed by atoms with Crippen molar-refractivity contribution in [3.63, 3.8) is 0 Å². The van der Waals surface area contributed by atoms with Crippen LogP contribution in [0.4, 0.5) is 0 Å². The highest BCUT2D eigenvalue weighted by atomic mass is 32.1. The summed E-state index contributed by atoms with van der Waals surface area (Å²) >= 11 is 1.86. The number of rotatable bonds is 7. The zero-order chi connectivity index (χ0) is 14.5. The minimum absolute atomic E-state index is 0.531. The summed E-state index contributed by atoms with van der Waals surface area (Å²) in [4.78, 5) is 1.48. The van der Waals surface area contributed by atoms with Crippen LogP contribution >= 0.6 is 11.3 Å². The second kappa shape index (κ2) is 7.04. The van der Waals surface area contributed by atoms with E-state index in [0.717, 1.165) is 19.4 Å². The van der Waals surface area contributed by atoms with Gasteiger partial charge in [0.2, 0.25) is 0 Å². The zero-order valence-electron chi connectivity index (χ0n) is 12.9. The SMILES string of the molecule is CCNC(CCc1cccs1)Cc1c(C)nn(C)c1C. The molecule has 0 aliphatic rings. The second-order valence-electron chi connectivity index (χ2n) is 5.35. The van der Waals surface area contributed by atoms with E-state index in [4.69, 9.17) is 0 Å². The van der Waals surface area contributed by atoms with Crippen molar-refractivity contribution in [2.45, 2.75) is 46.1 Å². The van der Waals surface area contributed by atoms with Crippen LogP contribution in [-0.2, 0) is 19.9 Å². The predicted octanol–water partition coefficient (Wildman–Crippen LogP) is 3.25. The molecule has 0 aliphatic carbocycles. The summed E-state index contributed by atoms with van der Waals surface area (Å²) in [6, 6.07) is 4.90. The summed E-state index contributed by atoms with van der Waals surface area (Å²) in [7, 11) is 2.03. The molecule has 2 rings (SSSR count). The van der Waals surface area contributed by atoms with Crippen LogP contribution in [0.1, 0.15) is 35.2 Å². The number of nitrogens with one attached hydrogen (secondary N) is 1. The molecule has 1 atom stereocenters. The van der Waals surface area contributed by atoms with Crippen LogP contribution in [0.5, 0.6) is 0 Å². The summed E-state index contributed by atoms with van der Waals surface area (Å²) in [5, 5.41) is 10.3. The average molecular weight is 291 g/mol. The Labute approximate surface area is 126 Å². The van der Waals surface area contributed by atoms with Gasteiger partial charge in [0.15, 0.2) is 0 Å². The molecule has 0 fully saturated rings. The molecule has 2 aromatic rings. The largest absolute Gasteiger partial charge is 0.314 e. The van der Waals surface area contributed by atoms with Crippen LogP contribution in [0, 0.1) is 13.8 Å². The van der Waals surface area contributed by atoms with Gasteiger partial charge >= 0.3 is 0 Å². The fourth-order valence-electron chi connectivity index (χ4n) is 2.70. The number of hydrogen-bond acceptors (Lipinski definition) is 3. The van der Waals surface area contributed by atoms with Gasteiger partial charge in [-0.3, -0.25) is 4.68 Å². The Morgan fingerprint density at radius 2 is 2.20 bits per heavy atom. The fraction of sp³-hybridized carbons (Fsp3) is 0.562. The lowest BCUT2D eigenvalue weighted by atomic mass is 10.00. The summed E-state index contributed by atoms with van der Waals surface area (Å²) in [6.07, 6.45) is 3.42. The zero-order valence-corrected chi connectivity index (χ0v) is 13.8. The molecule has 4 heteroatoms. The lowest BCUT2D eigenvalue weighted by Crippen LogP contribution is -2.31. The van der Waals surface area contributed by atoms with Crippen LogP contribution in [0.2, 0.25) is 0 Å². The minimum atomic E-state index is 0.531.